The van der Waals surface area contributed by atoms with E-state index in [9.17, 15) is 9.59 Å². The van der Waals surface area contributed by atoms with E-state index in [1.165, 1.54) is 0 Å². The summed E-state index contributed by atoms with van der Waals surface area (Å²) in [5.41, 5.74) is 4.96. The Hall–Kier alpha value is -2.33. The van der Waals surface area contributed by atoms with E-state index in [0.29, 0.717) is 18.0 Å². The molecular weight excluding hydrogens is 336 g/mol. The summed E-state index contributed by atoms with van der Waals surface area (Å²) in [5.74, 6) is -0.600. The third-order valence-electron chi connectivity index (χ3n) is 3.89. The van der Waals surface area contributed by atoms with Crippen LogP contribution in [0.3, 0.4) is 0 Å². The molecule has 0 aromatic heterocycles. The van der Waals surface area contributed by atoms with Gasteiger partial charge in [0, 0.05) is 17.3 Å². The molecule has 0 saturated heterocycles. The fraction of sp³-hybridized carbons (Fsp3) is 0.300. The van der Waals surface area contributed by atoms with Gasteiger partial charge in [0.05, 0.1) is 0 Å². The van der Waals surface area contributed by atoms with Crippen molar-refractivity contribution in [1.29, 1.82) is 0 Å². The molecule has 0 spiro atoms. The van der Waals surface area contributed by atoms with Crippen molar-refractivity contribution in [2.45, 2.75) is 33.6 Å². The van der Waals surface area contributed by atoms with Crippen LogP contribution in [0.25, 0.3) is 0 Å². The molecule has 0 aliphatic rings. The molecule has 132 valence electrons. The lowest BCUT2D eigenvalue weighted by Gasteiger charge is -2.13. The maximum atomic E-state index is 12.1. The lowest BCUT2D eigenvalue weighted by Crippen LogP contribution is -2.30. The molecule has 2 N–H and O–H groups in total. The molecule has 0 fully saturated rings. The molecule has 5 heteroatoms. The van der Waals surface area contributed by atoms with Crippen LogP contribution in [-0.4, -0.2) is 18.4 Å². The van der Waals surface area contributed by atoms with Crippen LogP contribution >= 0.6 is 11.6 Å². The van der Waals surface area contributed by atoms with Gasteiger partial charge in [-0.2, -0.15) is 0 Å². The molecular formula is C20H23ClN2O2. The highest BCUT2D eigenvalue weighted by molar-refractivity contribution is 6.30. The van der Waals surface area contributed by atoms with Gasteiger partial charge in [0.15, 0.2) is 0 Å². The van der Waals surface area contributed by atoms with E-state index in [1.807, 2.05) is 57.2 Å². The maximum Gasteiger partial charge on any atom is 0.233 e. The second-order valence-corrected chi connectivity index (χ2v) is 6.66. The van der Waals surface area contributed by atoms with E-state index < -0.39 is 0 Å². The van der Waals surface area contributed by atoms with Gasteiger partial charge in [-0.05, 0) is 56.0 Å². The zero-order valence-corrected chi connectivity index (χ0v) is 15.5. The van der Waals surface area contributed by atoms with Crippen molar-refractivity contribution in [2.24, 2.45) is 0 Å². The van der Waals surface area contributed by atoms with Gasteiger partial charge >= 0.3 is 0 Å². The van der Waals surface area contributed by atoms with Gasteiger partial charge in [0.25, 0.3) is 0 Å². The minimum Gasteiger partial charge on any atom is -0.355 e. The maximum absolute atomic E-state index is 12.1. The van der Waals surface area contributed by atoms with Crippen LogP contribution in [0, 0.1) is 20.8 Å². The molecule has 0 unspecified atom stereocenters. The highest BCUT2D eigenvalue weighted by atomic mass is 35.5. The number of aryl methyl sites for hydroxylation is 3. The fourth-order valence-corrected chi connectivity index (χ4v) is 3.02. The quantitative estimate of drug-likeness (QED) is 0.768. The van der Waals surface area contributed by atoms with Crippen LogP contribution in [0.1, 0.15) is 28.7 Å². The molecule has 0 aliphatic heterocycles. The Labute approximate surface area is 153 Å². The molecule has 0 aliphatic carbocycles. The summed E-state index contributed by atoms with van der Waals surface area (Å²) in [6, 6.07) is 11.5. The van der Waals surface area contributed by atoms with Crippen molar-refractivity contribution in [3.05, 3.63) is 63.7 Å². The number of carbonyl (C=O) groups is 2. The molecule has 2 amide bonds. The number of hydrogen-bond donors (Lipinski definition) is 2. The number of benzene rings is 2. The summed E-state index contributed by atoms with van der Waals surface area (Å²) in [5, 5.41) is 6.27. The van der Waals surface area contributed by atoms with Gasteiger partial charge in [-0.25, -0.2) is 0 Å². The first-order chi connectivity index (χ1) is 11.8. The van der Waals surface area contributed by atoms with Gasteiger partial charge in [-0.1, -0.05) is 41.4 Å². The monoisotopic (exact) mass is 358 g/mol. The van der Waals surface area contributed by atoms with Crippen molar-refractivity contribution in [3.8, 4) is 0 Å². The summed E-state index contributed by atoms with van der Waals surface area (Å²) in [6.45, 7) is 6.37. The summed E-state index contributed by atoms with van der Waals surface area (Å²) in [6.07, 6.45) is 0.479. The second kappa shape index (κ2) is 8.67. The third-order valence-corrected chi connectivity index (χ3v) is 4.12. The lowest BCUT2D eigenvalue weighted by molar-refractivity contribution is -0.126. The lowest BCUT2D eigenvalue weighted by atomic mass is 10.0. The van der Waals surface area contributed by atoms with Crippen LogP contribution in [0.2, 0.25) is 5.02 Å². The number of amides is 2. The minimum absolute atomic E-state index is 0.192. The Morgan fingerprint density at radius 3 is 2.32 bits per heavy atom. The molecule has 4 nitrogen and oxygen atoms in total. The largest absolute Gasteiger partial charge is 0.355 e. The molecule has 0 saturated carbocycles. The van der Waals surface area contributed by atoms with Crippen molar-refractivity contribution < 1.29 is 9.59 Å². The Morgan fingerprint density at radius 1 is 1.00 bits per heavy atom. The Kier molecular flexibility index (Phi) is 6.59. The molecule has 2 rings (SSSR count). The summed E-state index contributed by atoms with van der Waals surface area (Å²) in [4.78, 5) is 24.0. The standard InChI is InChI=1S/C20H23ClN2O2/c1-13-9-14(2)20(15(3)10-13)23-19(25)12-18(24)22-8-7-16-5-4-6-17(21)11-16/h4-6,9-11H,7-8,12H2,1-3H3,(H,22,24)(H,23,25). The Bertz CT molecular complexity index is 764. The van der Waals surface area contributed by atoms with Gasteiger partial charge in [-0.3, -0.25) is 9.59 Å². The van der Waals surface area contributed by atoms with E-state index in [1.54, 1.807) is 0 Å². The number of rotatable bonds is 6. The number of carbonyl (C=O) groups excluding carboxylic acids is 2. The van der Waals surface area contributed by atoms with Gasteiger partial charge in [0.1, 0.15) is 6.42 Å². The number of halogens is 1. The molecule has 0 heterocycles. The van der Waals surface area contributed by atoms with Gasteiger partial charge < -0.3 is 10.6 Å². The first-order valence-corrected chi connectivity index (χ1v) is 8.62. The van der Waals surface area contributed by atoms with Crippen LogP contribution in [0.15, 0.2) is 36.4 Å². The van der Waals surface area contributed by atoms with Crippen molar-refractivity contribution in [1.82, 2.24) is 5.32 Å². The predicted molar refractivity (Wildman–Crippen MR) is 102 cm³/mol. The predicted octanol–water partition coefficient (Wildman–Crippen LogP) is 3.95. The third kappa shape index (κ3) is 5.91. The zero-order chi connectivity index (χ0) is 18.4. The van der Waals surface area contributed by atoms with Gasteiger partial charge in [0.2, 0.25) is 11.8 Å². The first kappa shape index (κ1) is 19.0. The highest BCUT2D eigenvalue weighted by Crippen LogP contribution is 2.22. The minimum atomic E-state index is -0.310. The van der Waals surface area contributed by atoms with Crippen LogP contribution in [-0.2, 0) is 16.0 Å². The van der Waals surface area contributed by atoms with E-state index >= 15 is 0 Å². The molecule has 2 aromatic rings. The van der Waals surface area contributed by atoms with E-state index in [-0.39, 0.29) is 18.2 Å². The molecule has 0 bridgehead atoms. The molecule has 0 atom stereocenters. The Morgan fingerprint density at radius 2 is 1.68 bits per heavy atom. The number of anilines is 1. The molecule has 25 heavy (non-hydrogen) atoms. The second-order valence-electron chi connectivity index (χ2n) is 6.23. The first-order valence-electron chi connectivity index (χ1n) is 8.24. The summed E-state index contributed by atoms with van der Waals surface area (Å²) in [7, 11) is 0. The van der Waals surface area contributed by atoms with E-state index in [2.05, 4.69) is 10.6 Å². The van der Waals surface area contributed by atoms with Crippen molar-refractivity contribution in [3.63, 3.8) is 0 Å². The SMILES string of the molecule is Cc1cc(C)c(NC(=O)CC(=O)NCCc2cccc(Cl)c2)c(C)c1. The highest BCUT2D eigenvalue weighted by Gasteiger charge is 2.12. The molecule has 2 aromatic carbocycles. The summed E-state index contributed by atoms with van der Waals surface area (Å²) < 4.78 is 0. The number of nitrogens with one attached hydrogen (secondary N) is 2. The molecule has 0 radical (unpaired) electrons. The zero-order valence-electron chi connectivity index (χ0n) is 14.8. The normalized spacial score (nSPS) is 10.4. The van der Waals surface area contributed by atoms with E-state index in [0.717, 1.165) is 27.9 Å². The topological polar surface area (TPSA) is 58.2 Å². The fourth-order valence-electron chi connectivity index (χ4n) is 2.81. The average Bonchev–Trinajstić information content (AvgIpc) is 2.51. The average molecular weight is 359 g/mol. The van der Waals surface area contributed by atoms with Crippen molar-refractivity contribution in [2.75, 3.05) is 11.9 Å². The number of hydrogen-bond acceptors (Lipinski definition) is 2. The Balaban J connectivity index is 1.81. The summed E-state index contributed by atoms with van der Waals surface area (Å²) >= 11 is 5.93. The van der Waals surface area contributed by atoms with Crippen LogP contribution in [0.5, 0.6) is 0 Å². The smallest absolute Gasteiger partial charge is 0.233 e. The van der Waals surface area contributed by atoms with Crippen LogP contribution < -0.4 is 10.6 Å². The van der Waals surface area contributed by atoms with Crippen LogP contribution in [0.4, 0.5) is 5.69 Å². The van der Waals surface area contributed by atoms with Gasteiger partial charge in [-0.15, -0.1) is 0 Å². The van der Waals surface area contributed by atoms with E-state index in [4.69, 9.17) is 11.6 Å². The van der Waals surface area contributed by atoms with Crippen molar-refractivity contribution >= 4 is 29.1 Å².